The number of hydrogen-bond donors (Lipinski definition) is 1. The maximum absolute atomic E-state index is 10.7. The van der Waals surface area contributed by atoms with Crippen molar-refractivity contribution in [2.45, 2.75) is 6.42 Å². The van der Waals surface area contributed by atoms with E-state index in [4.69, 9.17) is 14.6 Å². The molecular weight excluding hydrogens is 176 g/mol. The molecule has 0 unspecified atom stereocenters. The number of carbonyl (C=O) groups is 1. The number of esters is 1. The molecule has 5 heteroatoms. The van der Waals surface area contributed by atoms with E-state index in [9.17, 15) is 4.79 Å². The van der Waals surface area contributed by atoms with Crippen molar-refractivity contribution >= 4 is 5.97 Å². The molecule has 13 heavy (non-hydrogen) atoms. The molecule has 0 bridgehead atoms. The second kappa shape index (κ2) is 9.44. The van der Waals surface area contributed by atoms with Crippen molar-refractivity contribution in [2.24, 2.45) is 0 Å². The number of aliphatic hydroxyl groups excluding tert-OH is 1. The number of methoxy groups -OCH3 is 1. The highest BCUT2D eigenvalue weighted by Crippen LogP contribution is 1.84. The monoisotopic (exact) mass is 192 g/mol. The number of hydrogen-bond acceptors (Lipinski definition) is 5. The van der Waals surface area contributed by atoms with E-state index in [2.05, 4.69) is 4.74 Å². The standard InChI is InChI=1S/C8H16O5/c1-11-7-8(10)13-6-5-12-4-2-3-9/h9H,2-7H2,1H3. The zero-order chi connectivity index (χ0) is 9.94. The van der Waals surface area contributed by atoms with Gasteiger partial charge in [0.2, 0.25) is 0 Å². The number of carbonyl (C=O) groups excluding carboxylic acids is 1. The van der Waals surface area contributed by atoms with Gasteiger partial charge in [-0.2, -0.15) is 0 Å². The van der Waals surface area contributed by atoms with E-state index in [1.165, 1.54) is 7.11 Å². The topological polar surface area (TPSA) is 65.0 Å². The summed E-state index contributed by atoms with van der Waals surface area (Å²) < 4.78 is 14.3. The van der Waals surface area contributed by atoms with Crippen molar-refractivity contribution < 1.29 is 24.1 Å². The predicted molar refractivity (Wildman–Crippen MR) is 45.4 cm³/mol. The van der Waals surface area contributed by atoms with Gasteiger partial charge in [-0.25, -0.2) is 4.79 Å². The van der Waals surface area contributed by atoms with Gasteiger partial charge < -0.3 is 19.3 Å². The smallest absolute Gasteiger partial charge is 0.332 e. The van der Waals surface area contributed by atoms with Crippen LogP contribution in [-0.2, 0) is 19.0 Å². The van der Waals surface area contributed by atoms with Crippen molar-refractivity contribution in [3.63, 3.8) is 0 Å². The van der Waals surface area contributed by atoms with Crippen LogP contribution in [0.4, 0.5) is 0 Å². The molecule has 0 radical (unpaired) electrons. The summed E-state index contributed by atoms with van der Waals surface area (Å²) in [6.07, 6.45) is 0.603. The maximum atomic E-state index is 10.7. The fourth-order valence-corrected chi connectivity index (χ4v) is 0.643. The Bertz CT molecular complexity index is 126. The molecule has 0 rings (SSSR count). The van der Waals surface area contributed by atoms with Gasteiger partial charge in [0, 0.05) is 20.3 Å². The third-order valence-corrected chi connectivity index (χ3v) is 1.20. The minimum Gasteiger partial charge on any atom is -0.462 e. The van der Waals surface area contributed by atoms with Crippen LogP contribution in [0.3, 0.4) is 0 Å². The highest BCUT2D eigenvalue weighted by Gasteiger charge is 1.99. The van der Waals surface area contributed by atoms with Gasteiger partial charge in [0.05, 0.1) is 6.61 Å². The molecule has 0 spiro atoms. The molecule has 0 fully saturated rings. The highest BCUT2D eigenvalue weighted by molar-refractivity contribution is 5.70. The number of aliphatic hydroxyl groups is 1. The van der Waals surface area contributed by atoms with Crippen molar-refractivity contribution in [1.29, 1.82) is 0 Å². The van der Waals surface area contributed by atoms with Crippen molar-refractivity contribution in [3.05, 3.63) is 0 Å². The Morgan fingerprint density at radius 3 is 2.69 bits per heavy atom. The van der Waals surface area contributed by atoms with Gasteiger partial charge in [0.15, 0.2) is 0 Å². The Hall–Kier alpha value is -0.650. The summed E-state index contributed by atoms with van der Waals surface area (Å²) in [6, 6.07) is 0. The molecule has 0 aromatic carbocycles. The Morgan fingerprint density at radius 2 is 2.08 bits per heavy atom. The lowest BCUT2D eigenvalue weighted by Gasteiger charge is -2.04. The lowest BCUT2D eigenvalue weighted by Crippen LogP contribution is -2.15. The minimum atomic E-state index is -0.395. The van der Waals surface area contributed by atoms with Crippen LogP contribution in [0.1, 0.15) is 6.42 Å². The normalized spacial score (nSPS) is 10.0. The van der Waals surface area contributed by atoms with Gasteiger partial charge in [-0.1, -0.05) is 0 Å². The average molecular weight is 192 g/mol. The molecule has 1 N–H and O–H groups in total. The molecule has 0 amide bonds. The number of rotatable bonds is 8. The summed E-state index contributed by atoms with van der Waals surface area (Å²) in [7, 11) is 1.43. The summed E-state index contributed by atoms with van der Waals surface area (Å²) in [6.45, 7) is 1.15. The molecule has 78 valence electrons. The van der Waals surface area contributed by atoms with Crippen molar-refractivity contribution in [1.82, 2.24) is 0 Å². The molecule has 0 atom stereocenters. The Labute approximate surface area is 77.6 Å². The fraction of sp³-hybridized carbons (Fsp3) is 0.875. The summed E-state index contributed by atoms with van der Waals surface area (Å²) in [5.74, 6) is -0.395. The van der Waals surface area contributed by atoms with E-state index in [0.29, 0.717) is 19.6 Å². The van der Waals surface area contributed by atoms with Crippen molar-refractivity contribution in [3.8, 4) is 0 Å². The largest absolute Gasteiger partial charge is 0.462 e. The third-order valence-electron chi connectivity index (χ3n) is 1.20. The molecule has 0 aliphatic carbocycles. The Balaban J connectivity index is 3.02. The summed E-state index contributed by atoms with van der Waals surface area (Å²) in [5, 5.41) is 8.40. The summed E-state index contributed by atoms with van der Waals surface area (Å²) in [4.78, 5) is 10.7. The predicted octanol–water partition coefficient (Wildman–Crippen LogP) is -0.425. The lowest BCUT2D eigenvalue weighted by atomic mass is 10.5. The van der Waals surface area contributed by atoms with E-state index in [1.54, 1.807) is 0 Å². The molecule has 0 saturated carbocycles. The average Bonchev–Trinajstić information content (AvgIpc) is 2.11. The second-order valence-electron chi connectivity index (χ2n) is 2.34. The van der Waals surface area contributed by atoms with Crippen LogP contribution in [-0.4, -0.2) is 51.2 Å². The zero-order valence-electron chi connectivity index (χ0n) is 7.82. The summed E-state index contributed by atoms with van der Waals surface area (Å²) >= 11 is 0. The molecule has 0 aliphatic heterocycles. The van der Waals surface area contributed by atoms with Crippen LogP contribution in [0.25, 0.3) is 0 Å². The lowest BCUT2D eigenvalue weighted by molar-refractivity contribution is -0.149. The van der Waals surface area contributed by atoms with Gasteiger partial charge in [0.1, 0.15) is 13.2 Å². The maximum Gasteiger partial charge on any atom is 0.332 e. The second-order valence-corrected chi connectivity index (χ2v) is 2.34. The fourth-order valence-electron chi connectivity index (χ4n) is 0.643. The van der Waals surface area contributed by atoms with E-state index in [1.807, 2.05) is 0 Å². The third kappa shape index (κ3) is 9.26. The van der Waals surface area contributed by atoms with Crippen LogP contribution < -0.4 is 0 Å². The Morgan fingerprint density at radius 1 is 1.31 bits per heavy atom. The number of ether oxygens (including phenoxy) is 3. The molecule has 0 aromatic rings. The minimum absolute atomic E-state index is 0.0311. The van der Waals surface area contributed by atoms with Crippen LogP contribution in [0, 0.1) is 0 Å². The molecular formula is C8H16O5. The van der Waals surface area contributed by atoms with Gasteiger partial charge in [-0.15, -0.1) is 0 Å². The first-order valence-electron chi connectivity index (χ1n) is 4.14. The van der Waals surface area contributed by atoms with Crippen LogP contribution in [0.5, 0.6) is 0 Å². The van der Waals surface area contributed by atoms with Crippen LogP contribution >= 0.6 is 0 Å². The van der Waals surface area contributed by atoms with E-state index in [0.717, 1.165) is 0 Å². The quantitative estimate of drug-likeness (QED) is 0.418. The van der Waals surface area contributed by atoms with Gasteiger partial charge in [0.25, 0.3) is 0 Å². The van der Waals surface area contributed by atoms with Crippen LogP contribution in [0.2, 0.25) is 0 Å². The van der Waals surface area contributed by atoms with Gasteiger partial charge in [-0.05, 0) is 6.42 Å². The first kappa shape index (κ1) is 12.3. The molecule has 5 nitrogen and oxygen atoms in total. The van der Waals surface area contributed by atoms with Gasteiger partial charge in [-0.3, -0.25) is 0 Å². The Kier molecular flexibility index (Phi) is 8.97. The van der Waals surface area contributed by atoms with E-state index >= 15 is 0 Å². The first-order chi connectivity index (χ1) is 6.31. The van der Waals surface area contributed by atoms with Crippen LogP contribution in [0.15, 0.2) is 0 Å². The molecule has 0 aromatic heterocycles. The zero-order valence-corrected chi connectivity index (χ0v) is 7.82. The molecule has 0 saturated heterocycles. The van der Waals surface area contributed by atoms with E-state index < -0.39 is 5.97 Å². The summed E-state index contributed by atoms with van der Waals surface area (Å²) in [5.41, 5.74) is 0. The van der Waals surface area contributed by atoms with E-state index in [-0.39, 0.29) is 19.8 Å². The SMILES string of the molecule is COCC(=O)OCCOCCCO. The van der Waals surface area contributed by atoms with Crippen molar-refractivity contribution in [2.75, 3.05) is 40.1 Å². The van der Waals surface area contributed by atoms with Gasteiger partial charge >= 0.3 is 5.97 Å². The first-order valence-corrected chi connectivity index (χ1v) is 4.14. The highest BCUT2D eigenvalue weighted by atomic mass is 16.6. The molecule has 0 heterocycles. The molecule has 0 aliphatic rings.